The second-order valence-corrected chi connectivity index (χ2v) is 4.44. The van der Waals surface area contributed by atoms with Gasteiger partial charge in [0.15, 0.2) is 0 Å². The lowest BCUT2D eigenvalue weighted by Gasteiger charge is -2.20. The maximum atomic E-state index is 4.51. The number of nitrogens with zero attached hydrogens (tertiary/aromatic N) is 3. The van der Waals surface area contributed by atoms with Gasteiger partial charge < -0.3 is 10.2 Å². The highest BCUT2D eigenvalue weighted by molar-refractivity contribution is 5.75. The van der Waals surface area contributed by atoms with Crippen molar-refractivity contribution in [2.75, 3.05) is 26.0 Å². The molecule has 0 saturated heterocycles. The molecular formula is C13H18N4. The molecule has 1 heterocycles. The summed E-state index contributed by atoms with van der Waals surface area (Å²) in [6.45, 7) is 3.03. The number of fused-ring (bicyclic) bond motifs is 1. The first-order valence-electron chi connectivity index (χ1n) is 5.79. The van der Waals surface area contributed by atoms with Gasteiger partial charge >= 0.3 is 0 Å². The van der Waals surface area contributed by atoms with Crippen LogP contribution in [-0.4, -0.2) is 41.5 Å². The standard InChI is InChI=1S/C13H18N4/c1-10(17(2)3)8-15-13-9-14-11-6-4-5-7-12(11)16-13/h4-7,9-10H,8H2,1-3H3,(H,15,16). The lowest BCUT2D eigenvalue weighted by molar-refractivity contribution is 0.326. The van der Waals surface area contributed by atoms with Crippen molar-refractivity contribution >= 4 is 16.9 Å². The third-order valence-corrected chi connectivity index (χ3v) is 2.91. The zero-order valence-electron chi connectivity index (χ0n) is 10.5. The van der Waals surface area contributed by atoms with Crippen molar-refractivity contribution in [3.8, 4) is 0 Å². The van der Waals surface area contributed by atoms with E-state index in [0.29, 0.717) is 6.04 Å². The third kappa shape index (κ3) is 2.91. The largest absolute Gasteiger partial charge is 0.367 e. The van der Waals surface area contributed by atoms with E-state index < -0.39 is 0 Å². The van der Waals surface area contributed by atoms with E-state index in [9.17, 15) is 0 Å². The van der Waals surface area contributed by atoms with Crippen LogP contribution in [0.1, 0.15) is 6.92 Å². The van der Waals surface area contributed by atoms with Crippen LogP contribution in [0.5, 0.6) is 0 Å². The van der Waals surface area contributed by atoms with E-state index in [0.717, 1.165) is 23.4 Å². The first-order chi connectivity index (χ1) is 8.16. The van der Waals surface area contributed by atoms with Gasteiger partial charge in [-0.05, 0) is 33.2 Å². The Balaban J connectivity index is 2.09. The molecule has 0 aliphatic heterocycles. The minimum Gasteiger partial charge on any atom is -0.367 e. The molecule has 0 radical (unpaired) electrons. The van der Waals surface area contributed by atoms with Crippen LogP contribution in [0.3, 0.4) is 0 Å². The minimum atomic E-state index is 0.461. The second-order valence-electron chi connectivity index (χ2n) is 4.44. The molecule has 1 aromatic carbocycles. The van der Waals surface area contributed by atoms with Gasteiger partial charge in [0.1, 0.15) is 5.82 Å². The fraction of sp³-hybridized carbons (Fsp3) is 0.385. The molecule has 4 heteroatoms. The van der Waals surface area contributed by atoms with Crippen LogP contribution in [0, 0.1) is 0 Å². The highest BCUT2D eigenvalue weighted by Gasteiger charge is 2.04. The molecule has 0 aliphatic rings. The molecular weight excluding hydrogens is 212 g/mol. The van der Waals surface area contributed by atoms with Gasteiger partial charge in [0.25, 0.3) is 0 Å². The molecule has 1 N–H and O–H groups in total. The molecule has 4 nitrogen and oxygen atoms in total. The molecule has 2 aromatic rings. The molecule has 0 aliphatic carbocycles. The molecule has 1 atom stereocenters. The molecule has 1 aromatic heterocycles. The molecule has 0 bridgehead atoms. The van der Waals surface area contributed by atoms with E-state index in [-0.39, 0.29) is 0 Å². The van der Waals surface area contributed by atoms with E-state index in [4.69, 9.17) is 0 Å². The van der Waals surface area contributed by atoms with Crippen molar-refractivity contribution in [1.82, 2.24) is 14.9 Å². The number of rotatable bonds is 4. The van der Waals surface area contributed by atoms with Crippen LogP contribution in [0.2, 0.25) is 0 Å². The lowest BCUT2D eigenvalue weighted by Crippen LogP contribution is -2.31. The SMILES string of the molecule is CC(CNc1cnc2ccccc2n1)N(C)C. The summed E-state index contributed by atoms with van der Waals surface area (Å²) >= 11 is 0. The van der Waals surface area contributed by atoms with Gasteiger partial charge in [-0.2, -0.15) is 0 Å². The number of benzene rings is 1. The van der Waals surface area contributed by atoms with Crippen molar-refractivity contribution in [3.63, 3.8) is 0 Å². The Kier molecular flexibility index (Phi) is 3.54. The Labute approximate surface area is 102 Å². The summed E-state index contributed by atoms with van der Waals surface area (Å²) in [6.07, 6.45) is 1.78. The number of anilines is 1. The lowest BCUT2D eigenvalue weighted by atomic mass is 10.3. The Morgan fingerprint density at radius 1 is 1.24 bits per heavy atom. The molecule has 90 valence electrons. The molecule has 0 fully saturated rings. The summed E-state index contributed by atoms with van der Waals surface area (Å²) in [7, 11) is 4.14. The fourth-order valence-electron chi connectivity index (χ4n) is 1.48. The van der Waals surface area contributed by atoms with Gasteiger partial charge in [-0.1, -0.05) is 12.1 Å². The van der Waals surface area contributed by atoms with Crippen molar-refractivity contribution in [2.24, 2.45) is 0 Å². The number of likely N-dealkylation sites (N-methyl/N-ethyl adjacent to an activating group) is 1. The molecule has 0 amide bonds. The Morgan fingerprint density at radius 2 is 1.94 bits per heavy atom. The maximum Gasteiger partial charge on any atom is 0.145 e. The maximum absolute atomic E-state index is 4.51. The van der Waals surface area contributed by atoms with Crippen LogP contribution in [-0.2, 0) is 0 Å². The second kappa shape index (κ2) is 5.10. The minimum absolute atomic E-state index is 0.461. The van der Waals surface area contributed by atoms with Crippen LogP contribution < -0.4 is 5.32 Å². The van der Waals surface area contributed by atoms with Crippen molar-refractivity contribution in [1.29, 1.82) is 0 Å². The van der Waals surface area contributed by atoms with E-state index >= 15 is 0 Å². The summed E-state index contributed by atoms with van der Waals surface area (Å²) in [5.74, 6) is 0.831. The van der Waals surface area contributed by atoms with Gasteiger partial charge in [0.05, 0.1) is 17.2 Å². The predicted octanol–water partition coefficient (Wildman–Crippen LogP) is 1.99. The summed E-state index contributed by atoms with van der Waals surface area (Å²) in [6, 6.07) is 8.35. The van der Waals surface area contributed by atoms with Crippen LogP contribution >= 0.6 is 0 Å². The summed E-state index contributed by atoms with van der Waals surface area (Å²) < 4.78 is 0. The Bertz CT molecular complexity index is 495. The van der Waals surface area contributed by atoms with Crippen LogP contribution in [0.25, 0.3) is 11.0 Å². The van der Waals surface area contributed by atoms with Gasteiger partial charge in [-0.3, -0.25) is 4.98 Å². The number of hydrogen-bond acceptors (Lipinski definition) is 4. The van der Waals surface area contributed by atoms with Gasteiger partial charge in [-0.25, -0.2) is 4.98 Å². The highest BCUT2D eigenvalue weighted by Crippen LogP contribution is 2.11. The van der Waals surface area contributed by atoms with E-state index in [1.165, 1.54) is 0 Å². The number of nitrogens with one attached hydrogen (secondary N) is 1. The summed E-state index contributed by atoms with van der Waals surface area (Å²) in [5.41, 5.74) is 1.86. The average Bonchev–Trinajstić information content (AvgIpc) is 2.35. The molecule has 0 spiro atoms. The number of hydrogen-bond donors (Lipinski definition) is 1. The first kappa shape index (κ1) is 11.8. The molecule has 0 saturated carbocycles. The number of aromatic nitrogens is 2. The third-order valence-electron chi connectivity index (χ3n) is 2.91. The van der Waals surface area contributed by atoms with Gasteiger partial charge in [0.2, 0.25) is 0 Å². The monoisotopic (exact) mass is 230 g/mol. The van der Waals surface area contributed by atoms with Crippen molar-refractivity contribution in [2.45, 2.75) is 13.0 Å². The normalized spacial score (nSPS) is 12.9. The Morgan fingerprint density at radius 3 is 2.65 bits per heavy atom. The molecule has 1 unspecified atom stereocenters. The zero-order valence-corrected chi connectivity index (χ0v) is 10.5. The average molecular weight is 230 g/mol. The number of para-hydroxylation sites is 2. The molecule has 17 heavy (non-hydrogen) atoms. The van der Waals surface area contributed by atoms with Crippen molar-refractivity contribution in [3.05, 3.63) is 30.5 Å². The fourth-order valence-corrected chi connectivity index (χ4v) is 1.48. The molecule has 2 rings (SSSR count). The summed E-state index contributed by atoms with van der Waals surface area (Å²) in [5, 5.41) is 3.30. The predicted molar refractivity (Wildman–Crippen MR) is 71.2 cm³/mol. The highest BCUT2D eigenvalue weighted by atomic mass is 15.1. The Hall–Kier alpha value is -1.68. The van der Waals surface area contributed by atoms with E-state index in [2.05, 4.69) is 41.2 Å². The smallest absolute Gasteiger partial charge is 0.145 e. The first-order valence-corrected chi connectivity index (χ1v) is 5.79. The zero-order chi connectivity index (χ0) is 12.3. The van der Waals surface area contributed by atoms with Crippen LogP contribution in [0.15, 0.2) is 30.5 Å². The van der Waals surface area contributed by atoms with Gasteiger partial charge in [-0.15, -0.1) is 0 Å². The van der Waals surface area contributed by atoms with Crippen LogP contribution in [0.4, 0.5) is 5.82 Å². The van der Waals surface area contributed by atoms with E-state index in [1.54, 1.807) is 6.20 Å². The van der Waals surface area contributed by atoms with Gasteiger partial charge in [0, 0.05) is 12.6 Å². The topological polar surface area (TPSA) is 41.1 Å². The van der Waals surface area contributed by atoms with Crippen molar-refractivity contribution < 1.29 is 0 Å². The summed E-state index contributed by atoms with van der Waals surface area (Å²) in [4.78, 5) is 11.0. The van der Waals surface area contributed by atoms with E-state index in [1.807, 2.05) is 24.3 Å². The quantitative estimate of drug-likeness (QED) is 0.872.